The molecule has 0 atom stereocenters. The van der Waals surface area contributed by atoms with Crippen LogP contribution in [0, 0.1) is 0 Å². The Morgan fingerprint density at radius 1 is 0.553 bits per heavy atom. The zero-order chi connectivity index (χ0) is 32.9. The first-order valence-electron chi connectivity index (χ1n) is 15.4. The van der Waals surface area contributed by atoms with E-state index >= 15 is 0 Å². The number of hydrogen-bond acceptors (Lipinski definition) is 8. The van der Waals surface area contributed by atoms with Gasteiger partial charge in [-0.25, -0.2) is 0 Å². The Bertz CT molecular complexity index is 1740. The van der Waals surface area contributed by atoms with Crippen LogP contribution < -0.4 is 18.9 Å². The van der Waals surface area contributed by atoms with E-state index in [1.54, 1.807) is 42.5 Å². The standard InChI is InChI=1S/C24H29NO4.C14H12O3.ClH/c1-5-26-21-10-9-17(14-22(21)27-6-2)13-20-19-16-24(29-8-4)23(28-7-3)15-18(19)11-12-25-20;15-12-5-3-10(4-6-12)1-2-11-7-13(16)9-14(17)8-11;/h9-12,14-16H,5-8,13H2,1-4H3;1-9,15-17H;1H. The van der Waals surface area contributed by atoms with Crippen molar-refractivity contribution in [2.24, 2.45) is 0 Å². The Kier molecular flexibility index (Phi) is 14.1. The number of phenolic OH excluding ortho intramolecular Hbond substituents is 3. The van der Waals surface area contributed by atoms with Crippen LogP contribution in [0.1, 0.15) is 50.1 Å². The van der Waals surface area contributed by atoms with E-state index in [1.165, 1.54) is 6.07 Å². The first kappa shape index (κ1) is 36.4. The first-order chi connectivity index (χ1) is 22.3. The Morgan fingerprint density at radius 2 is 1.11 bits per heavy atom. The third kappa shape index (κ3) is 10.5. The summed E-state index contributed by atoms with van der Waals surface area (Å²) in [5.74, 6) is 3.31. The molecule has 8 nitrogen and oxygen atoms in total. The number of aromatic nitrogens is 1. The Hall–Kier alpha value is -5.08. The minimum absolute atomic E-state index is 0. The van der Waals surface area contributed by atoms with E-state index in [4.69, 9.17) is 24.1 Å². The molecule has 0 saturated heterocycles. The molecule has 1 aromatic heterocycles. The van der Waals surface area contributed by atoms with Crippen molar-refractivity contribution in [3.8, 4) is 40.2 Å². The van der Waals surface area contributed by atoms with Gasteiger partial charge in [0.2, 0.25) is 0 Å². The van der Waals surface area contributed by atoms with Crippen molar-refractivity contribution < 1.29 is 34.3 Å². The second-order valence-electron chi connectivity index (χ2n) is 10.2. The summed E-state index contributed by atoms with van der Waals surface area (Å²) in [7, 11) is 0. The highest BCUT2D eigenvalue weighted by Gasteiger charge is 2.13. The fourth-order valence-electron chi connectivity index (χ4n) is 4.81. The van der Waals surface area contributed by atoms with Gasteiger partial charge in [-0.1, -0.05) is 30.4 Å². The monoisotopic (exact) mass is 659 g/mol. The maximum atomic E-state index is 9.30. The third-order valence-corrected chi connectivity index (χ3v) is 6.78. The van der Waals surface area contributed by atoms with Crippen LogP contribution in [0.2, 0.25) is 0 Å². The summed E-state index contributed by atoms with van der Waals surface area (Å²) in [6, 6.07) is 23.2. The molecule has 4 aromatic carbocycles. The molecule has 0 aliphatic rings. The van der Waals surface area contributed by atoms with Crippen molar-refractivity contribution in [3.05, 3.63) is 107 Å². The van der Waals surface area contributed by atoms with Crippen LogP contribution in [0.25, 0.3) is 22.9 Å². The van der Waals surface area contributed by atoms with Crippen molar-refractivity contribution in [1.29, 1.82) is 0 Å². The maximum Gasteiger partial charge on any atom is 0.161 e. The second kappa shape index (κ2) is 18.2. The Labute approximate surface area is 282 Å². The predicted octanol–water partition coefficient (Wildman–Crippen LogP) is 8.82. The normalized spacial score (nSPS) is 10.6. The number of ether oxygens (including phenoxy) is 4. The summed E-state index contributed by atoms with van der Waals surface area (Å²) in [6.07, 6.45) is 6.12. The zero-order valence-corrected chi connectivity index (χ0v) is 27.9. The molecule has 3 N–H and O–H groups in total. The predicted molar refractivity (Wildman–Crippen MR) is 190 cm³/mol. The minimum Gasteiger partial charge on any atom is -0.508 e. The Balaban J connectivity index is 0.000000284. The fraction of sp³-hybridized carbons (Fsp3) is 0.237. The van der Waals surface area contributed by atoms with E-state index in [1.807, 2.05) is 70.3 Å². The lowest BCUT2D eigenvalue weighted by Crippen LogP contribution is -2.01. The molecule has 0 saturated carbocycles. The van der Waals surface area contributed by atoms with Crippen molar-refractivity contribution in [3.63, 3.8) is 0 Å². The molecule has 0 unspecified atom stereocenters. The highest BCUT2D eigenvalue weighted by Crippen LogP contribution is 2.35. The largest absolute Gasteiger partial charge is 0.508 e. The van der Waals surface area contributed by atoms with E-state index in [9.17, 15) is 10.2 Å². The molecule has 0 radical (unpaired) electrons. The molecule has 47 heavy (non-hydrogen) atoms. The van der Waals surface area contributed by atoms with Crippen LogP contribution >= 0.6 is 12.4 Å². The molecule has 248 valence electrons. The third-order valence-electron chi connectivity index (χ3n) is 6.78. The number of nitrogens with zero attached hydrogens (tertiary/aromatic N) is 1. The Morgan fingerprint density at radius 3 is 1.72 bits per heavy atom. The second-order valence-corrected chi connectivity index (χ2v) is 10.2. The van der Waals surface area contributed by atoms with E-state index < -0.39 is 0 Å². The summed E-state index contributed by atoms with van der Waals surface area (Å²) in [4.78, 5) is 4.65. The van der Waals surface area contributed by atoms with Crippen LogP contribution in [-0.2, 0) is 6.42 Å². The highest BCUT2D eigenvalue weighted by atomic mass is 35.5. The van der Waals surface area contributed by atoms with Crippen molar-refractivity contribution in [2.75, 3.05) is 26.4 Å². The van der Waals surface area contributed by atoms with Gasteiger partial charge in [0.25, 0.3) is 0 Å². The first-order valence-corrected chi connectivity index (χ1v) is 15.4. The SMILES string of the molecule is CCOc1ccc(Cc2nccc3cc(OCC)c(OCC)cc23)cc1OCC.Cl.Oc1ccc(C=Cc2cc(O)cc(O)c2)cc1. The molecule has 0 aliphatic heterocycles. The number of rotatable bonds is 12. The van der Waals surface area contributed by atoms with Gasteiger partial charge < -0.3 is 34.3 Å². The average molecular weight is 660 g/mol. The number of halogens is 1. The maximum absolute atomic E-state index is 9.30. The smallest absolute Gasteiger partial charge is 0.161 e. The number of fused-ring (bicyclic) bond motifs is 1. The molecule has 9 heteroatoms. The van der Waals surface area contributed by atoms with E-state index in [-0.39, 0.29) is 29.7 Å². The van der Waals surface area contributed by atoms with Crippen LogP contribution in [0.5, 0.6) is 40.2 Å². The number of pyridine rings is 1. The van der Waals surface area contributed by atoms with Gasteiger partial charge in [0.05, 0.1) is 32.1 Å². The molecule has 0 fully saturated rings. The molecule has 1 heterocycles. The van der Waals surface area contributed by atoms with Crippen LogP contribution in [0.3, 0.4) is 0 Å². The molecular formula is C38H42ClNO7. The lowest BCUT2D eigenvalue weighted by atomic mass is 10.0. The van der Waals surface area contributed by atoms with Crippen molar-refractivity contribution >= 4 is 35.3 Å². The topological polar surface area (TPSA) is 111 Å². The number of benzene rings is 4. The molecule has 0 spiro atoms. The lowest BCUT2D eigenvalue weighted by molar-refractivity contribution is 0.287. The molecule has 5 rings (SSSR count). The highest BCUT2D eigenvalue weighted by molar-refractivity contribution is 5.88. The van der Waals surface area contributed by atoms with Gasteiger partial charge in [0.1, 0.15) is 17.2 Å². The van der Waals surface area contributed by atoms with Gasteiger partial charge in [-0.3, -0.25) is 4.98 Å². The molecule has 0 aliphatic carbocycles. The summed E-state index contributed by atoms with van der Waals surface area (Å²) in [6.45, 7) is 10.3. The van der Waals surface area contributed by atoms with Crippen molar-refractivity contribution in [2.45, 2.75) is 34.1 Å². The average Bonchev–Trinajstić information content (AvgIpc) is 3.03. The van der Waals surface area contributed by atoms with Gasteiger partial charge in [0, 0.05) is 24.1 Å². The van der Waals surface area contributed by atoms with Gasteiger partial charge >= 0.3 is 0 Å². The summed E-state index contributed by atoms with van der Waals surface area (Å²) in [5.41, 5.74) is 3.73. The minimum atomic E-state index is 0. The summed E-state index contributed by atoms with van der Waals surface area (Å²) >= 11 is 0. The van der Waals surface area contributed by atoms with Gasteiger partial charge in [-0.15, -0.1) is 12.4 Å². The van der Waals surface area contributed by atoms with E-state index in [0.717, 1.165) is 50.6 Å². The van der Waals surface area contributed by atoms with Crippen LogP contribution in [0.15, 0.2) is 85.1 Å². The fourth-order valence-corrected chi connectivity index (χ4v) is 4.81. The summed E-state index contributed by atoms with van der Waals surface area (Å²) < 4.78 is 23.0. The zero-order valence-electron chi connectivity index (χ0n) is 27.1. The summed E-state index contributed by atoms with van der Waals surface area (Å²) in [5, 5.41) is 29.9. The van der Waals surface area contributed by atoms with Gasteiger partial charge in [-0.05, 0) is 104 Å². The lowest BCUT2D eigenvalue weighted by Gasteiger charge is -2.15. The number of hydrogen-bond donors (Lipinski definition) is 3. The van der Waals surface area contributed by atoms with Crippen LogP contribution in [-0.4, -0.2) is 46.7 Å². The molecule has 0 bridgehead atoms. The number of phenols is 3. The van der Waals surface area contributed by atoms with Crippen LogP contribution in [0.4, 0.5) is 0 Å². The van der Waals surface area contributed by atoms with Crippen molar-refractivity contribution in [1.82, 2.24) is 4.98 Å². The molecule has 0 amide bonds. The van der Waals surface area contributed by atoms with Gasteiger partial charge in [0.15, 0.2) is 23.0 Å². The molecule has 5 aromatic rings. The van der Waals surface area contributed by atoms with E-state index in [0.29, 0.717) is 38.4 Å². The number of aromatic hydroxyl groups is 3. The quantitative estimate of drug-likeness (QED) is 0.114. The molecular weight excluding hydrogens is 618 g/mol. The van der Waals surface area contributed by atoms with E-state index in [2.05, 4.69) is 11.1 Å². The van der Waals surface area contributed by atoms with Gasteiger partial charge in [-0.2, -0.15) is 0 Å².